The van der Waals surface area contributed by atoms with Crippen LogP contribution in [0.5, 0.6) is 11.5 Å². The number of halogens is 1. The van der Waals surface area contributed by atoms with Gasteiger partial charge in [-0.3, -0.25) is 0 Å². The standard InChI is InChI=1S/C12H15FO3/c1-15-11-4-3-9(6-12(11)16-2)5-10(7-13)8-14/h3-4,6-7,14H,5,8H2,1-2H3/b10-7+. The molecule has 0 aromatic heterocycles. The zero-order valence-corrected chi connectivity index (χ0v) is 9.37. The molecule has 1 rings (SSSR count). The van der Waals surface area contributed by atoms with E-state index in [1.807, 2.05) is 0 Å². The van der Waals surface area contributed by atoms with Crippen LogP contribution in [0.4, 0.5) is 4.39 Å². The summed E-state index contributed by atoms with van der Waals surface area (Å²) in [5.41, 5.74) is 1.18. The topological polar surface area (TPSA) is 38.7 Å². The highest BCUT2D eigenvalue weighted by Gasteiger charge is 2.06. The zero-order valence-electron chi connectivity index (χ0n) is 9.37. The van der Waals surface area contributed by atoms with Crippen molar-refractivity contribution >= 4 is 0 Å². The van der Waals surface area contributed by atoms with E-state index < -0.39 is 0 Å². The Morgan fingerprint density at radius 2 is 2.00 bits per heavy atom. The SMILES string of the molecule is COc1ccc(C/C(=C\F)CO)cc1OC. The van der Waals surface area contributed by atoms with Crippen LogP contribution in [-0.2, 0) is 6.42 Å². The number of aliphatic hydroxyl groups is 1. The second-order valence-corrected chi connectivity index (χ2v) is 3.29. The summed E-state index contributed by atoms with van der Waals surface area (Å²) in [5.74, 6) is 1.22. The molecule has 16 heavy (non-hydrogen) atoms. The van der Waals surface area contributed by atoms with Crippen LogP contribution in [-0.4, -0.2) is 25.9 Å². The molecule has 0 aliphatic carbocycles. The summed E-state index contributed by atoms with van der Waals surface area (Å²) in [6.45, 7) is -0.287. The highest BCUT2D eigenvalue weighted by atomic mass is 19.1. The van der Waals surface area contributed by atoms with Gasteiger partial charge in [0, 0.05) is 0 Å². The Balaban J connectivity index is 2.90. The van der Waals surface area contributed by atoms with E-state index in [4.69, 9.17) is 14.6 Å². The molecular weight excluding hydrogens is 211 g/mol. The predicted octanol–water partition coefficient (Wildman–Crippen LogP) is 2.09. The first-order valence-electron chi connectivity index (χ1n) is 4.85. The maximum Gasteiger partial charge on any atom is 0.160 e. The van der Waals surface area contributed by atoms with E-state index in [1.165, 1.54) is 0 Å². The second-order valence-electron chi connectivity index (χ2n) is 3.29. The summed E-state index contributed by atoms with van der Waals surface area (Å²) in [5, 5.41) is 8.85. The Morgan fingerprint density at radius 1 is 1.31 bits per heavy atom. The minimum absolute atomic E-state index is 0.287. The fourth-order valence-electron chi connectivity index (χ4n) is 1.38. The molecule has 1 N–H and O–H groups in total. The fourth-order valence-corrected chi connectivity index (χ4v) is 1.38. The van der Waals surface area contributed by atoms with E-state index in [0.717, 1.165) is 5.56 Å². The normalized spacial score (nSPS) is 11.4. The van der Waals surface area contributed by atoms with Gasteiger partial charge in [-0.25, -0.2) is 4.39 Å². The van der Waals surface area contributed by atoms with E-state index >= 15 is 0 Å². The summed E-state index contributed by atoms with van der Waals surface area (Å²) in [6.07, 6.45) is 0.782. The monoisotopic (exact) mass is 226 g/mol. The quantitative estimate of drug-likeness (QED) is 0.835. The van der Waals surface area contributed by atoms with Gasteiger partial charge in [-0.1, -0.05) is 6.07 Å². The number of methoxy groups -OCH3 is 2. The van der Waals surface area contributed by atoms with Crippen molar-refractivity contribution in [1.29, 1.82) is 0 Å². The molecule has 1 aromatic rings. The third-order valence-corrected chi connectivity index (χ3v) is 2.24. The summed E-state index contributed by atoms with van der Waals surface area (Å²) in [4.78, 5) is 0. The largest absolute Gasteiger partial charge is 0.493 e. The van der Waals surface area contributed by atoms with Crippen molar-refractivity contribution < 1.29 is 19.0 Å². The predicted molar refractivity (Wildman–Crippen MR) is 59.5 cm³/mol. The van der Waals surface area contributed by atoms with E-state index in [0.29, 0.717) is 29.8 Å². The minimum atomic E-state index is -0.287. The average molecular weight is 226 g/mol. The number of hydrogen-bond donors (Lipinski definition) is 1. The fraction of sp³-hybridized carbons (Fsp3) is 0.333. The Bertz CT molecular complexity index is 375. The molecule has 88 valence electrons. The first kappa shape index (κ1) is 12.5. The maximum atomic E-state index is 12.3. The maximum absolute atomic E-state index is 12.3. The summed E-state index contributed by atoms with van der Waals surface area (Å²) >= 11 is 0. The first-order valence-corrected chi connectivity index (χ1v) is 4.85. The van der Waals surface area contributed by atoms with Crippen molar-refractivity contribution in [3.8, 4) is 11.5 Å². The molecule has 0 atom stereocenters. The lowest BCUT2D eigenvalue weighted by Crippen LogP contribution is -1.97. The number of hydrogen-bond acceptors (Lipinski definition) is 3. The lowest BCUT2D eigenvalue weighted by atomic mass is 10.1. The summed E-state index contributed by atoms with van der Waals surface area (Å²) < 4.78 is 22.5. The number of aliphatic hydroxyl groups excluding tert-OH is 1. The third-order valence-electron chi connectivity index (χ3n) is 2.24. The lowest BCUT2D eigenvalue weighted by Gasteiger charge is -2.09. The van der Waals surface area contributed by atoms with Crippen molar-refractivity contribution in [2.24, 2.45) is 0 Å². The highest BCUT2D eigenvalue weighted by Crippen LogP contribution is 2.28. The molecular formula is C12H15FO3. The lowest BCUT2D eigenvalue weighted by molar-refractivity contribution is 0.325. The van der Waals surface area contributed by atoms with E-state index in [-0.39, 0.29) is 6.61 Å². The van der Waals surface area contributed by atoms with E-state index in [9.17, 15) is 4.39 Å². The highest BCUT2D eigenvalue weighted by molar-refractivity contribution is 5.43. The van der Waals surface area contributed by atoms with Gasteiger partial charge >= 0.3 is 0 Å². The molecule has 3 nitrogen and oxygen atoms in total. The molecule has 0 aliphatic rings. The number of benzene rings is 1. The van der Waals surface area contributed by atoms with Gasteiger partial charge < -0.3 is 14.6 Å². The Morgan fingerprint density at radius 3 is 2.50 bits per heavy atom. The van der Waals surface area contributed by atoms with Crippen LogP contribution in [0.2, 0.25) is 0 Å². The molecule has 0 fully saturated rings. The van der Waals surface area contributed by atoms with Gasteiger partial charge in [0.05, 0.1) is 27.2 Å². The molecule has 0 spiro atoms. The minimum Gasteiger partial charge on any atom is -0.493 e. The van der Waals surface area contributed by atoms with Crippen LogP contribution in [0.15, 0.2) is 30.1 Å². The van der Waals surface area contributed by atoms with Gasteiger partial charge in [0.15, 0.2) is 11.5 Å². The van der Waals surface area contributed by atoms with Crippen molar-refractivity contribution in [3.05, 3.63) is 35.7 Å². The van der Waals surface area contributed by atoms with Crippen LogP contribution >= 0.6 is 0 Å². The second kappa shape index (κ2) is 6.12. The Labute approximate surface area is 94.1 Å². The summed E-state index contributed by atoms with van der Waals surface area (Å²) in [7, 11) is 3.09. The molecule has 0 heterocycles. The molecule has 0 saturated heterocycles. The van der Waals surface area contributed by atoms with Gasteiger partial charge in [0.1, 0.15) is 0 Å². The van der Waals surface area contributed by atoms with Crippen LogP contribution < -0.4 is 9.47 Å². The van der Waals surface area contributed by atoms with Crippen molar-refractivity contribution in [2.45, 2.75) is 6.42 Å². The molecule has 0 saturated carbocycles. The Kier molecular flexibility index (Phi) is 4.79. The van der Waals surface area contributed by atoms with Crippen LogP contribution in [0.25, 0.3) is 0 Å². The van der Waals surface area contributed by atoms with Crippen molar-refractivity contribution in [2.75, 3.05) is 20.8 Å². The van der Waals surface area contributed by atoms with Gasteiger partial charge in [0.25, 0.3) is 0 Å². The molecule has 0 unspecified atom stereocenters. The van der Waals surface area contributed by atoms with E-state index in [2.05, 4.69) is 0 Å². The van der Waals surface area contributed by atoms with Crippen LogP contribution in [0, 0.1) is 0 Å². The Hall–Kier alpha value is -1.55. The van der Waals surface area contributed by atoms with Gasteiger partial charge in [-0.2, -0.15) is 0 Å². The smallest absolute Gasteiger partial charge is 0.160 e. The summed E-state index contributed by atoms with van der Waals surface area (Å²) in [6, 6.07) is 5.32. The number of rotatable bonds is 5. The molecule has 0 amide bonds. The van der Waals surface area contributed by atoms with Crippen LogP contribution in [0.3, 0.4) is 0 Å². The van der Waals surface area contributed by atoms with Gasteiger partial charge in [-0.15, -0.1) is 0 Å². The molecule has 0 radical (unpaired) electrons. The van der Waals surface area contributed by atoms with Crippen molar-refractivity contribution in [1.82, 2.24) is 0 Å². The number of ether oxygens (including phenoxy) is 2. The van der Waals surface area contributed by atoms with Gasteiger partial charge in [-0.05, 0) is 29.7 Å². The van der Waals surface area contributed by atoms with Crippen LogP contribution in [0.1, 0.15) is 5.56 Å². The first-order chi connectivity index (χ1) is 7.74. The molecule has 4 heteroatoms. The van der Waals surface area contributed by atoms with E-state index in [1.54, 1.807) is 32.4 Å². The third kappa shape index (κ3) is 2.97. The zero-order chi connectivity index (χ0) is 12.0. The molecule has 0 aliphatic heterocycles. The van der Waals surface area contributed by atoms with Gasteiger partial charge in [0.2, 0.25) is 0 Å². The molecule has 0 bridgehead atoms. The van der Waals surface area contributed by atoms with Crippen molar-refractivity contribution in [3.63, 3.8) is 0 Å². The average Bonchev–Trinajstić information content (AvgIpc) is 2.35. The molecule has 1 aromatic carbocycles.